The first-order valence-electron chi connectivity index (χ1n) is 20.6. The predicted octanol–water partition coefficient (Wildman–Crippen LogP) is 14.5. The zero-order chi connectivity index (χ0) is 39.5. The molecule has 2 unspecified atom stereocenters. The Morgan fingerprint density at radius 3 is 1.80 bits per heavy atom. The smallest absolute Gasteiger partial charge is 0.172 e. The monoisotopic (exact) mass is 806 g/mol. The van der Waals surface area contributed by atoms with E-state index in [9.17, 15) is 0 Å². The Labute approximate surface area is 351 Å². The molecule has 0 spiro atoms. The van der Waals surface area contributed by atoms with Crippen LogP contribution in [0.15, 0.2) is 168 Å². The molecule has 10 rings (SSSR count). The fourth-order valence-electron chi connectivity index (χ4n) is 10.9. The summed E-state index contributed by atoms with van der Waals surface area (Å²) < 4.78 is 1.42. The fourth-order valence-corrected chi connectivity index (χ4v) is 12.0. The summed E-state index contributed by atoms with van der Waals surface area (Å²) in [6.07, 6.45) is 8.50. The summed E-state index contributed by atoms with van der Waals surface area (Å²) in [5, 5.41) is 5.29. The maximum Gasteiger partial charge on any atom is -0.172 e. The van der Waals surface area contributed by atoms with Crippen LogP contribution in [-0.4, -0.2) is 3.21 Å². The molecule has 0 heterocycles. The van der Waals surface area contributed by atoms with Crippen LogP contribution in [0, 0.1) is 33.5 Å². The average Bonchev–Trinajstić information content (AvgIpc) is 3.93. The molecule has 1 fully saturated rings. The van der Waals surface area contributed by atoms with Gasteiger partial charge in [0.2, 0.25) is 0 Å². The average molecular weight is 808 g/mol. The molecule has 0 saturated heterocycles. The van der Waals surface area contributed by atoms with E-state index in [2.05, 4.69) is 177 Å². The van der Waals surface area contributed by atoms with Gasteiger partial charge in [0.15, 0.2) is 0 Å². The maximum absolute atomic E-state index is 2.62. The molecular weight excluding hydrogens is 752 g/mol. The summed E-state index contributed by atoms with van der Waals surface area (Å²) in [6, 6.07) is 49.6. The van der Waals surface area contributed by atoms with E-state index in [-0.39, 0.29) is 21.7 Å². The van der Waals surface area contributed by atoms with E-state index in [0.29, 0.717) is 5.92 Å². The van der Waals surface area contributed by atoms with Gasteiger partial charge < -0.3 is 0 Å². The van der Waals surface area contributed by atoms with E-state index in [1.54, 1.807) is 28.2 Å². The Hall–Kier alpha value is -4.19. The molecule has 4 aliphatic carbocycles. The maximum atomic E-state index is 2.62. The van der Waals surface area contributed by atoms with Gasteiger partial charge in [-0.15, -0.1) is 6.92 Å². The molecule has 0 bridgehead atoms. The van der Waals surface area contributed by atoms with Crippen molar-refractivity contribution in [1.29, 1.82) is 0 Å². The first-order valence-corrected chi connectivity index (χ1v) is 21.8. The minimum atomic E-state index is 0.164. The van der Waals surface area contributed by atoms with Crippen molar-refractivity contribution in [3.8, 4) is 0 Å². The van der Waals surface area contributed by atoms with Crippen LogP contribution in [0.3, 0.4) is 0 Å². The SMILES string of the molecule is C[C-]1C2=C3Cc4ccccc4C3=C3C=CCCC3C2(C)C(C)(C)C(C)(C)C1(C)C.[Zr+2]=[C](c1cccc2ccccc12)c1cccc2ccccc12.c1cc[cH-]c1. The zero-order valence-corrected chi connectivity index (χ0v) is 37.1. The van der Waals surface area contributed by atoms with Gasteiger partial charge in [0.05, 0.1) is 0 Å². The van der Waals surface area contributed by atoms with Crippen LogP contribution < -0.4 is 0 Å². The number of hydrogen-bond donors (Lipinski definition) is 0. The molecular formula is C55H56Zr. The van der Waals surface area contributed by atoms with Gasteiger partial charge in [-0.2, -0.15) is 29.3 Å². The van der Waals surface area contributed by atoms with Gasteiger partial charge in [-0.3, -0.25) is 0 Å². The summed E-state index contributed by atoms with van der Waals surface area (Å²) in [6.45, 7) is 20.3. The summed E-state index contributed by atoms with van der Waals surface area (Å²) in [7, 11) is 0. The minimum absolute atomic E-state index is 0.164. The number of hydrogen-bond acceptors (Lipinski definition) is 0. The molecule has 0 N–H and O–H groups in total. The fraction of sp³-hybridized carbons (Fsp3) is 0.291. The van der Waals surface area contributed by atoms with Gasteiger partial charge in [0, 0.05) is 0 Å². The summed E-state index contributed by atoms with van der Waals surface area (Å²) in [5.74, 6) is 2.24. The molecule has 4 aliphatic rings. The zero-order valence-electron chi connectivity index (χ0n) is 34.6. The van der Waals surface area contributed by atoms with E-state index in [1.807, 2.05) is 30.3 Å². The van der Waals surface area contributed by atoms with Crippen LogP contribution in [0.1, 0.15) is 90.5 Å². The number of rotatable bonds is 2. The number of fused-ring (bicyclic) bond motifs is 8. The first kappa shape index (κ1) is 38.7. The Morgan fingerprint density at radius 1 is 0.661 bits per heavy atom. The van der Waals surface area contributed by atoms with E-state index >= 15 is 0 Å². The number of benzene rings is 5. The Balaban J connectivity index is 0.000000144. The van der Waals surface area contributed by atoms with Crippen LogP contribution >= 0.6 is 0 Å². The van der Waals surface area contributed by atoms with E-state index < -0.39 is 0 Å². The van der Waals surface area contributed by atoms with Gasteiger partial charge in [-0.1, -0.05) is 113 Å². The molecule has 6 aromatic carbocycles. The Bertz CT molecular complexity index is 2420. The molecule has 1 saturated carbocycles. The largest absolute Gasteiger partial charge is 0.214 e. The summed E-state index contributed by atoms with van der Waals surface area (Å²) in [4.78, 5) is 0. The van der Waals surface area contributed by atoms with Gasteiger partial charge in [-0.05, 0) is 40.6 Å². The third kappa shape index (κ3) is 5.90. The Kier molecular flexibility index (Phi) is 10.1. The van der Waals surface area contributed by atoms with Crippen LogP contribution in [0.5, 0.6) is 0 Å². The second-order valence-corrected chi connectivity index (χ2v) is 19.4. The third-order valence-corrected chi connectivity index (χ3v) is 16.8. The molecule has 1 heteroatoms. The van der Waals surface area contributed by atoms with E-state index in [0.717, 1.165) is 6.42 Å². The van der Waals surface area contributed by atoms with Crippen LogP contribution in [-0.2, 0) is 30.7 Å². The summed E-state index contributed by atoms with van der Waals surface area (Å²) in [5.41, 5.74) is 13.0. The van der Waals surface area contributed by atoms with E-state index in [1.165, 1.54) is 84.1 Å². The van der Waals surface area contributed by atoms with Gasteiger partial charge in [0.25, 0.3) is 0 Å². The second kappa shape index (κ2) is 14.6. The van der Waals surface area contributed by atoms with Crippen LogP contribution in [0.25, 0.3) is 27.1 Å². The number of allylic oxidation sites excluding steroid dienone is 6. The van der Waals surface area contributed by atoms with Crippen molar-refractivity contribution < 1.29 is 24.2 Å². The van der Waals surface area contributed by atoms with Crippen molar-refractivity contribution in [3.05, 3.63) is 197 Å². The molecule has 280 valence electrons. The standard InChI is InChI=1S/C29H37.C21H14.C5H5.Zr/c1-18-25-22-17-19-13-9-10-14-20(19)24(22)21-15-11-12-16-23(21)29(25,8)28(6,7)27(4,5)26(18,2)3;1-3-13-20-16(7-1)9-5-11-18(20)15-19-12-6-10-17-8-2-4-14-21(17)19;1-2-4-5-3-1;/h9-11,13-15,23H,12,16-17H2,1-8H3;1-14H;1-5H;/q-1;;-1;+2. The minimum Gasteiger partial charge on any atom is -0.214 e. The van der Waals surface area contributed by atoms with Crippen molar-refractivity contribution in [1.82, 2.24) is 0 Å². The summed E-state index contributed by atoms with van der Waals surface area (Å²) >= 11 is 1.44. The third-order valence-electron chi connectivity index (χ3n) is 15.5. The molecule has 0 aromatic heterocycles. The first-order chi connectivity index (χ1) is 26.8. The van der Waals surface area contributed by atoms with Gasteiger partial charge in [-0.25, -0.2) is 18.1 Å². The predicted molar refractivity (Wildman–Crippen MR) is 237 cm³/mol. The molecule has 0 aliphatic heterocycles. The molecule has 0 radical (unpaired) electrons. The molecule has 56 heavy (non-hydrogen) atoms. The quantitative estimate of drug-likeness (QED) is 0.153. The Morgan fingerprint density at radius 2 is 1.21 bits per heavy atom. The van der Waals surface area contributed by atoms with Gasteiger partial charge >= 0.3 is 145 Å². The van der Waals surface area contributed by atoms with Gasteiger partial charge in [0.1, 0.15) is 0 Å². The molecule has 0 nitrogen and oxygen atoms in total. The molecule has 2 atom stereocenters. The normalized spacial score (nSPS) is 22.2. The van der Waals surface area contributed by atoms with Crippen LogP contribution in [0.4, 0.5) is 0 Å². The van der Waals surface area contributed by atoms with Crippen molar-refractivity contribution in [3.63, 3.8) is 0 Å². The van der Waals surface area contributed by atoms with Crippen molar-refractivity contribution >= 4 is 30.3 Å². The molecule has 0 amide bonds. The second-order valence-electron chi connectivity index (χ2n) is 18.1. The van der Waals surface area contributed by atoms with Crippen LogP contribution in [0.2, 0.25) is 0 Å². The molecule has 6 aromatic rings. The van der Waals surface area contributed by atoms with E-state index in [4.69, 9.17) is 0 Å². The van der Waals surface area contributed by atoms with Crippen molar-refractivity contribution in [2.75, 3.05) is 0 Å². The van der Waals surface area contributed by atoms with Crippen molar-refractivity contribution in [2.45, 2.75) is 74.7 Å². The topological polar surface area (TPSA) is 0 Å². The van der Waals surface area contributed by atoms with Crippen molar-refractivity contribution in [2.24, 2.45) is 27.6 Å².